The Balaban J connectivity index is 2.04. The minimum atomic E-state index is -1.22. The zero-order valence-corrected chi connectivity index (χ0v) is 11.8. The quantitative estimate of drug-likeness (QED) is 0.750. The Bertz CT molecular complexity index is 809. The zero-order chi connectivity index (χ0) is 15.0. The second-order valence-electron chi connectivity index (χ2n) is 4.01. The molecule has 0 aliphatic rings. The molecule has 0 bridgehead atoms. The number of nitrogens with zero attached hydrogens (tertiary/aromatic N) is 3. The van der Waals surface area contributed by atoms with Crippen LogP contribution in [-0.2, 0) is 0 Å². The average Bonchev–Trinajstić information content (AvgIpc) is 3.06. The molecular formula is C12H6BrFN4O3. The van der Waals surface area contributed by atoms with Crippen molar-refractivity contribution in [2.24, 2.45) is 0 Å². The third kappa shape index (κ3) is 2.55. The summed E-state index contributed by atoms with van der Waals surface area (Å²) in [5.74, 6) is -1.59. The van der Waals surface area contributed by atoms with E-state index in [4.69, 9.17) is 9.63 Å². The van der Waals surface area contributed by atoms with Gasteiger partial charge in [0.2, 0.25) is 5.82 Å². The van der Waals surface area contributed by atoms with E-state index < -0.39 is 11.8 Å². The molecule has 106 valence electrons. The highest BCUT2D eigenvalue weighted by atomic mass is 79.9. The molecule has 2 aromatic heterocycles. The van der Waals surface area contributed by atoms with E-state index in [1.807, 2.05) is 0 Å². The number of aromatic nitrogens is 4. The molecule has 1 aromatic carbocycles. The van der Waals surface area contributed by atoms with Crippen molar-refractivity contribution < 1.29 is 18.8 Å². The first-order chi connectivity index (χ1) is 10.0. The van der Waals surface area contributed by atoms with Gasteiger partial charge in [0.05, 0.1) is 6.33 Å². The Morgan fingerprint density at radius 2 is 2.19 bits per heavy atom. The van der Waals surface area contributed by atoms with Gasteiger partial charge >= 0.3 is 5.97 Å². The van der Waals surface area contributed by atoms with Gasteiger partial charge in [0, 0.05) is 10.0 Å². The maximum Gasteiger partial charge on any atom is 0.356 e. The number of hydrogen-bond acceptors (Lipinski definition) is 5. The van der Waals surface area contributed by atoms with Crippen LogP contribution in [-0.4, -0.2) is 31.2 Å². The second-order valence-corrected chi connectivity index (χ2v) is 4.93. The number of carbonyl (C=O) groups is 1. The summed E-state index contributed by atoms with van der Waals surface area (Å²) in [6.45, 7) is 0. The van der Waals surface area contributed by atoms with Gasteiger partial charge in [-0.2, -0.15) is 4.98 Å². The summed E-state index contributed by atoms with van der Waals surface area (Å²) >= 11 is 3.17. The van der Waals surface area contributed by atoms with E-state index in [9.17, 15) is 9.18 Å². The molecule has 2 heterocycles. The Morgan fingerprint density at radius 3 is 2.90 bits per heavy atom. The smallest absolute Gasteiger partial charge is 0.356 e. The molecule has 0 atom stereocenters. The summed E-state index contributed by atoms with van der Waals surface area (Å²) in [7, 11) is 0. The Morgan fingerprint density at radius 1 is 1.38 bits per heavy atom. The molecule has 0 aliphatic heterocycles. The topological polar surface area (TPSA) is 105 Å². The van der Waals surface area contributed by atoms with Crippen LogP contribution in [0.15, 0.2) is 33.5 Å². The van der Waals surface area contributed by atoms with Crippen molar-refractivity contribution in [3.8, 4) is 23.0 Å². The first-order valence-corrected chi connectivity index (χ1v) is 6.41. The number of halogens is 2. The Hall–Kier alpha value is -2.55. The first-order valence-electron chi connectivity index (χ1n) is 5.62. The molecule has 0 spiro atoms. The summed E-state index contributed by atoms with van der Waals surface area (Å²) in [5, 5.41) is 12.7. The molecule has 0 saturated heterocycles. The number of carboxylic acids is 1. The summed E-state index contributed by atoms with van der Waals surface area (Å²) in [6, 6.07) is 4.15. The number of imidazole rings is 1. The van der Waals surface area contributed by atoms with E-state index in [0.717, 1.165) is 0 Å². The van der Waals surface area contributed by atoms with Crippen molar-refractivity contribution in [3.05, 3.63) is 40.5 Å². The highest BCUT2D eigenvalue weighted by Gasteiger charge is 2.20. The van der Waals surface area contributed by atoms with Crippen molar-refractivity contribution in [1.82, 2.24) is 20.1 Å². The highest BCUT2D eigenvalue weighted by Crippen LogP contribution is 2.25. The van der Waals surface area contributed by atoms with Crippen molar-refractivity contribution in [2.75, 3.05) is 0 Å². The third-order valence-corrected chi connectivity index (χ3v) is 3.06. The van der Waals surface area contributed by atoms with Crippen LogP contribution < -0.4 is 0 Å². The predicted molar refractivity (Wildman–Crippen MR) is 71.9 cm³/mol. The molecule has 7 nitrogen and oxygen atoms in total. The molecule has 0 radical (unpaired) electrons. The molecule has 0 unspecified atom stereocenters. The monoisotopic (exact) mass is 352 g/mol. The molecular weight excluding hydrogens is 347 g/mol. The number of aromatic amines is 1. The summed E-state index contributed by atoms with van der Waals surface area (Å²) < 4.78 is 18.9. The van der Waals surface area contributed by atoms with Crippen molar-refractivity contribution in [1.29, 1.82) is 0 Å². The lowest BCUT2D eigenvalue weighted by Gasteiger charge is -1.96. The standard InChI is InChI=1S/C12H6BrFN4O3/c13-6-1-5(2-7(14)3-6)10-17-11(21-18-10)8-9(12(19)20)16-4-15-8/h1-4H,(H,15,16)(H,19,20). The van der Waals surface area contributed by atoms with Gasteiger partial charge in [0.1, 0.15) is 11.5 Å². The summed E-state index contributed by atoms with van der Waals surface area (Å²) in [5.41, 5.74) is 0.260. The van der Waals surface area contributed by atoms with Gasteiger partial charge in [-0.3, -0.25) is 0 Å². The minimum Gasteiger partial charge on any atom is -0.476 e. The number of rotatable bonds is 3. The van der Waals surface area contributed by atoms with Gasteiger partial charge in [-0.1, -0.05) is 21.1 Å². The second kappa shape index (κ2) is 5.09. The van der Waals surface area contributed by atoms with E-state index >= 15 is 0 Å². The molecule has 0 aliphatic carbocycles. The van der Waals surface area contributed by atoms with E-state index in [-0.39, 0.29) is 23.1 Å². The van der Waals surface area contributed by atoms with Gasteiger partial charge in [-0.15, -0.1) is 0 Å². The Labute approximate surface area is 125 Å². The molecule has 3 aromatic rings. The van der Waals surface area contributed by atoms with E-state index in [2.05, 4.69) is 36.0 Å². The van der Waals surface area contributed by atoms with Gasteiger partial charge in [-0.05, 0) is 18.2 Å². The molecule has 0 fully saturated rings. The van der Waals surface area contributed by atoms with Gasteiger partial charge in [-0.25, -0.2) is 14.2 Å². The minimum absolute atomic E-state index is 0.0414. The number of hydrogen-bond donors (Lipinski definition) is 2. The fourth-order valence-electron chi connectivity index (χ4n) is 1.74. The zero-order valence-electron chi connectivity index (χ0n) is 10.2. The number of nitrogens with one attached hydrogen (secondary N) is 1. The van der Waals surface area contributed by atoms with E-state index in [1.54, 1.807) is 6.07 Å². The van der Waals surface area contributed by atoms with Crippen LogP contribution in [0.4, 0.5) is 4.39 Å². The largest absolute Gasteiger partial charge is 0.476 e. The van der Waals surface area contributed by atoms with Crippen LogP contribution in [0.1, 0.15) is 10.5 Å². The van der Waals surface area contributed by atoms with Crippen molar-refractivity contribution in [2.45, 2.75) is 0 Å². The Kier molecular flexibility index (Phi) is 3.26. The lowest BCUT2D eigenvalue weighted by molar-refractivity contribution is 0.0691. The molecule has 3 rings (SSSR count). The van der Waals surface area contributed by atoms with Crippen molar-refractivity contribution >= 4 is 21.9 Å². The van der Waals surface area contributed by atoms with E-state index in [1.165, 1.54) is 18.5 Å². The fraction of sp³-hybridized carbons (Fsp3) is 0. The average molecular weight is 353 g/mol. The normalized spacial score (nSPS) is 10.8. The molecule has 2 N–H and O–H groups in total. The van der Waals surface area contributed by atoms with Crippen LogP contribution in [0.2, 0.25) is 0 Å². The van der Waals surface area contributed by atoms with Crippen LogP contribution in [0.3, 0.4) is 0 Å². The van der Waals surface area contributed by atoms with Gasteiger partial charge < -0.3 is 14.6 Å². The third-order valence-electron chi connectivity index (χ3n) is 2.60. The lowest BCUT2D eigenvalue weighted by atomic mass is 10.2. The van der Waals surface area contributed by atoms with Gasteiger partial charge in [0.15, 0.2) is 5.69 Å². The lowest BCUT2D eigenvalue weighted by Crippen LogP contribution is -1.99. The van der Waals surface area contributed by atoms with Crippen LogP contribution in [0.5, 0.6) is 0 Å². The van der Waals surface area contributed by atoms with Crippen LogP contribution in [0.25, 0.3) is 23.0 Å². The van der Waals surface area contributed by atoms with Gasteiger partial charge in [0.25, 0.3) is 5.89 Å². The number of benzene rings is 1. The molecule has 9 heteroatoms. The number of H-pyrrole nitrogens is 1. The molecule has 0 amide bonds. The summed E-state index contributed by atoms with van der Waals surface area (Å²) in [4.78, 5) is 21.3. The maximum absolute atomic E-state index is 13.4. The van der Waals surface area contributed by atoms with Crippen LogP contribution >= 0.6 is 15.9 Å². The maximum atomic E-state index is 13.4. The summed E-state index contributed by atoms with van der Waals surface area (Å²) in [6.07, 6.45) is 1.21. The van der Waals surface area contributed by atoms with E-state index in [0.29, 0.717) is 10.0 Å². The number of carboxylic acid groups (broad SMARTS) is 1. The fourth-order valence-corrected chi connectivity index (χ4v) is 2.21. The molecule has 0 saturated carbocycles. The predicted octanol–water partition coefficient (Wildman–Crippen LogP) is 2.73. The number of aromatic carboxylic acids is 1. The first kappa shape index (κ1) is 13.4. The molecule has 21 heavy (non-hydrogen) atoms. The van der Waals surface area contributed by atoms with Crippen LogP contribution in [0, 0.1) is 5.82 Å². The highest BCUT2D eigenvalue weighted by molar-refractivity contribution is 9.10. The SMILES string of the molecule is O=C(O)c1nc[nH]c1-c1nc(-c2cc(F)cc(Br)c2)no1. The van der Waals surface area contributed by atoms with Crippen molar-refractivity contribution in [3.63, 3.8) is 0 Å².